The first kappa shape index (κ1) is 15.7. The molecule has 1 unspecified atom stereocenters. The Morgan fingerprint density at radius 2 is 1.79 bits per heavy atom. The smallest absolute Gasteiger partial charge is 0.193 e. The number of hydrogen-bond donors (Lipinski definition) is 3. The highest BCUT2D eigenvalue weighted by Gasteiger charge is 2.13. The third-order valence-electron chi connectivity index (χ3n) is 3.82. The van der Waals surface area contributed by atoms with Gasteiger partial charge in [0.05, 0.1) is 17.1 Å². The number of H-pyrrole nitrogens is 1. The first-order valence-electron chi connectivity index (χ1n) is 7.64. The zero-order valence-electron chi connectivity index (χ0n) is 13.3. The summed E-state index contributed by atoms with van der Waals surface area (Å²) in [5.41, 5.74) is 14.3. The molecule has 0 aliphatic rings. The third-order valence-corrected chi connectivity index (χ3v) is 3.82. The van der Waals surface area contributed by atoms with E-state index in [-0.39, 0.29) is 11.9 Å². The lowest BCUT2D eigenvalue weighted by molar-refractivity contribution is 0.103. The largest absolute Gasteiger partial charge is 0.484 e. The van der Waals surface area contributed by atoms with Gasteiger partial charge in [0.2, 0.25) is 0 Å². The molecule has 0 radical (unpaired) electrons. The molecule has 5 heteroatoms. The number of carbonyl (C=O) groups excluding carboxylic acids is 1. The van der Waals surface area contributed by atoms with Gasteiger partial charge in [0.15, 0.2) is 5.78 Å². The molecule has 5 nitrogen and oxygen atoms in total. The van der Waals surface area contributed by atoms with Gasteiger partial charge in [0.25, 0.3) is 0 Å². The molecule has 24 heavy (non-hydrogen) atoms. The van der Waals surface area contributed by atoms with Crippen molar-refractivity contribution in [1.82, 2.24) is 4.98 Å². The molecule has 1 heterocycles. The predicted octanol–water partition coefficient (Wildman–Crippen LogP) is 3.55. The molecule has 0 aliphatic heterocycles. The van der Waals surface area contributed by atoms with Crippen LogP contribution >= 0.6 is 0 Å². The van der Waals surface area contributed by atoms with Crippen molar-refractivity contribution in [2.75, 3.05) is 11.5 Å². The Morgan fingerprint density at radius 1 is 1.00 bits per heavy atom. The average molecular weight is 321 g/mol. The quantitative estimate of drug-likeness (QED) is 0.495. The number of aromatic amines is 1. The first-order valence-corrected chi connectivity index (χ1v) is 7.64. The molecular formula is C19H19N3O2. The third kappa shape index (κ3) is 3.25. The SMILES string of the molecule is CC(Oc1cccc(C(=O)c2ccc(N)c(N)c2)c1)c1ccc[nH]1. The Hall–Kier alpha value is -3.21. The van der Waals surface area contributed by atoms with Crippen molar-refractivity contribution in [3.05, 3.63) is 77.6 Å². The number of nitrogens with two attached hydrogens (primary N) is 2. The van der Waals surface area contributed by atoms with E-state index in [4.69, 9.17) is 16.2 Å². The van der Waals surface area contributed by atoms with Gasteiger partial charge in [0.1, 0.15) is 11.9 Å². The molecule has 0 spiro atoms. The maximum atomic E-state index is 12.6. The van der Waals surface area contributed by atoms with Gasteiger partial charge in [-0.05, 0) is 49.4 Å². The number of anilines is 2. The lowest BCUT2D eigenvalue weighted by Gasteiger charge is -2.14. The molecule has 2 aromatic carbocycles. The van der Waals surface area contributed by atoms with E-state index < -0.39 is 0 Å². The minimum atomic E-state index is -0.141. The highest BCUT2D eigenvalue weighted by Crippen LogP contribution is 2.24. The van der Waals surface area contributed by atoms with Crippen molar-refractivity contribution >= 4 is 17.2 Å². The number of nitrogens with one attached hydrogen (secondary N) is 1. The molecule has 1 aromatic heterocycles. The molecule has 0 bridgehead atoms. The van der Waals surface area contributed by atoms with Gasteiger partial charge >= 0.3 is 0 Å². The van der Waals surface area contributed by atoms with Crippen LogP contribution in [0, 0.1) is 0 Å². The molecule has 0 saturated carbocycles. The molecular weight excluding hydrogens is 302 g/mol. The minimum absolute atomic E-state index is 0.125. The molecule has 3 aromatic rings. The molecule has 0 amide bonds. The van der Waals surface area contributed by atoms with Crippen LogP contribution in [0.4, 0.5) is 11.4 Å². The number of rotatable bonds is 5. The number of aromatic nitrogens is 1. The van der Waals surface area contributed by atoms with Crippen molar-refractivity contribution in [3.8, 4) is 5.75 Å². The molecule has 5 N–H and O–H groups in total. The molecule has 1 atom stereocenters. The number of carbonyl (C=O) groups is 1. The summed E-state index contributed by atoms with van der Waals surface area (Å²) in [4.78, 5) is 15.7. The summed E-state index contributed by atoms with van der Waals surface area (Å²) in [7, 11) is 0. The average Bonchev–Trinajstić information content (AvgIpc) is 3.12. The van der Waals surface area contributed by atoms with E-state index in [9.17, 15) is 4.79 Å². The van der Waals surface area contributed by atoms with Crippen LogP contribution in [-0.2, 0) is 0 Å². The fourth-order valence-corrected chi connectivity index (χ4v) is 2.46. The Bertz CT molecular complexity index is 857. The second kappa shape index (κ2) is 6.50. The van der Waals surface area contributed by atoms with E-state index in [1.165, 1.54) is 0 Å². The number of ether oxygens (including phenoxy) is 1. The van der Waals surface area contributed by atoms with E-state index >= 15 is 0 Å². The van der Waals surface area contributed by atoms with Gasteiger partial charge in [-0.3, -0.25) is 4.79 Å². The summed E-state index contributed by atoms with van der Waals surface area (Å²) in [6.45, 7) is 1.95. The zero-order valence-corrected chi connectivity index (χ0v) is 13.3. The summed E-state index contributed by atoms with van der Waals surface area (Å²) < 4.78 is 5.90. The van der Waals surface area contributed by atoms with E-state index in [1.54, 1.807) is 36.4 Å². The highest BCUT2D eigenvalue weighted by atomic mass is 16.5. The van der Waals surface area contributed by atoms with Crippen LogP contribution < -0.4 is 16.2 Å². The van der Waals surface area contributed by atoms with Crippen molar-refractivity contribution in [2.45, 2.75) is 13.0 Å². The highest BCUT2D eigenvalue weighted by molar-refractivity contribution is 6.10. The van der Waals surface area contributed by atoms with E-state index in [2.05, 4.69) is 4.98 Å². The summed E-state index contributed by atoms with van der Waals surface area (Å²) in [5.74, 6) is 0.506. The topological polar surface area (TPSA) is 94.1 Å². The number of benzene rings is 2. The van der Waals surface area contributed by atoms with Crippen molar-refractivity contribution in [1.29, 1.82) is 0 Å². The normalized spacial score (nSPS) is 11.9. The molecule has 122 valence electrons. The predicted molar refractivity (Wildman–Crippen MR) is 95.0 cm³/mol. The molecule has 0 aliphatic carbocycles. The fraction of sp³-hybridized carbons (Fsp3) is 0.105. The Labute approximate surface area is 140 Å². The Balaban J connectivity index is 1.81. The summed E-state index contributed by atoms with van der Waals surface area (Å²) in [6, 6.07) is 15.9. The van der Waals surface area contributed by atoms with E-state index in [1.807, 2.05) is 31.3 Å². The van der Waals surface area contributed by atoms with Gasteiger partial charge in [-0.25, -0.2) is 0 Å². The van der Waals surface area contributed by atoms with Crippen LogP contribution in [-0.4, -0.2) is 10.8 Å². The van der Waals surface area contributed by atoms with Crippen LogP contribution in [0.3, 0.4) is 0 Å². The van der Waals surface area contributed by atoms with Crippen molar-refractivity contribution in [3.63, 3.8) is 0 Å². The van der Waals surface area contributed by atoms with Gasteiger partial charge in [-0.1, -0.05) is 12.1 Å². The van der Waals surface area contributed by atoms with E-state index in [0.717, 1.165) is 5.69 Å². The lowest BCUT2D eigenvalue weighted by Crippen LogP contribution is -2.06. The summed E-state index contributed by atoms with van der Waals surface area (Å²) in [6.07, 6.45) is 1.71. The molecule has 0 fully saturated rings. The lowest BCUT2D eigenvalue weighted by atomic mass is 10.0. The summed E-state index contributed by atoms with van der Waals surface area (Å²) in [5, 5.41) is 0. The second-order valence-corrected chi connectivity index (χ2v) is 5.59. The standard InChI is InChI=1S/C19H19N3O2/c1-12(18-6-3-9-22-18)24-15-5-2-4-13(10-15)19(23)14-7-8-16(20)17(21)11-14/h2-12,22H,20-21H2,1H3. The maximum Gasteiger partial charge on any atom is 0.193 e. The minimum Gasteiger partial charge on any atom is -0.484 e. The Morgan fingerprint density at radius 3 is 2.50 bits per heavy atom. The van der Waals surface area contributed by atoms with Gasteiger partial charge in [0, 0.05) is 17.3 Å². The monoisotopic (exact) mass is 321 g/mol. The van der Waals surface area contributed by atoms with Crippen molar-refractivity contribution in [2.24, 2.45) is 0 Å². The van der Waals surface area contributed by atoms with E-state index in [0.29, 0.717) is 28.3 Å². The van der Waals surface area contributed by atoms with Crippen LogP contribution in [0.25, 0.3) is 0 Å². The van der Waals surface area contributed by atoms with Gasteiger partial charge in [-0.15, -0.1) is 0 Å². The van der Waals surface area contributed by atoms with Crippen molar-refractivity contribution < 1.29 is 9.53 Å². The van der Waals surface area contributed by atoms with Crippen LogP contribution in [0.1, 0.15) is 34.6 Å². The first-order chi connectivity index (χ1) is 11.5. The van der Waals surface area contributed by atoms with Gasteiger partial charge in [-0.2, -0.15) is 0 Å². The van der Waals surface area contributed by atoms with Crippen LogP contribution in [0.15, 0.2) is 60.8 Å². The second-order valence-electron chi connectivity index (χ2n) is 5.59. The number of ketones is 1. The van der Waals surface area contributed by atoms with Crippen LogP contribution in [0.2, 0.25) is 0 Å². The summed E-state index contributed by atoms with van der Waals surface area (Å²) >= 11 is 0. The number of nitrogen functional groups attached to an aromatic ring is 2. The molecule has 3 rings (SSSR count). The van der Waals surface area contributed by atoms with Crippen LogP contribution in [0.5, 0.6) is 5.75 Å². The maximum absolute atomic E-state index is 12.6. The Kier molecular flexibility index (Phi) is 4.24. The number of hydrogen-bond acceptors (Lipinski definition) is 4. The van der Waals surface area contributed by atoms with Gasteiger partial charge < -0.3 is 21.2 Å². The molecule has 0 saturated heterocycles. The zero-order chi connectivity index (χ0) is 17.1. The fourth-order valence-electron chi connectivity index (χ4n) is 2.46.